The van der Waals surface area contributed by atoms with Crippen molar-refractivity contribution in [1.82, 2.24) is 19.9 Å². The molecule has 0 amide bonds. The molecule has 0 unspecified atom stereocenters. The molecule has 7 heteroatoms. The molecule has 3 rings (SSSR count). The van der Waals surface area contributed by atoms with Crippen LogP contribution in [-0.4, -0.2) is 26.0 Å². The van der Waals surface area contributed by atoms with Crippen LogP contribution in [0.25, 0.3) is 11.4 Å². The van der Waals surface area contributed by atoms with Gasteiger partial charge >= 0.3 is 0 Å². The van der Waals surface area contributed by atoms with E-state index in [2.05, 4.69) is 36.6 Å². The monoisotopic (exact) mass is 331 g/mol. The highest BCUT2D eigenvalue weighted by atomic mass is 15.2. The topological polar surface area (TPSA) is 99.4 Å². The summed E-state index contributed by atoms with van der Waals surface area (Å²) >= 11 is 0. The van der Waals surface area contributed by atoms with Crippen molar-refractivity contribution in [1.29, 1.82) is 5.26 Å². The molecule has 2 aromatic heterocycles. The van der Waals surface area contributed by atoms with Crippen molar-refractivity contribution in [2.75, 3.05) is 10.6 Å². The molecule has 0 aliphatic rings. The first-order valence-electron chi connectivity index (χ1n) is 7.86. The Kier molecular flexibility index (Phi) is 4.81. The minimum atomic E-state index is 0.170. The number of benzene rings is 1. The smallest absolute Gasteiger partial charge is 0.233 e. The Hall–Kier alpha value is -3.53. The van der Waals surface area contributed by atoms with E-state index in [1.807, 2.05) is 44.2 Å². The fourth-order valence-electron chi connectivity index (χ4n) is 2.17. The minimum Gasteiger partial charge on any atom is -0.352 e. The van der Waals surface area contributed by atoms with Crippen LogP contribution in [0.3, 0.4) is 0 Å². The molecular weight excluding hydrogens is 314 g/mol. The molecule has 0 saturated heterocycles. The molecule has 0 fully saturated rings. The first kappa shape index (κ1) is 16.3. The van der Waals surface area contributed by atoms with Crippen LogP contribution in [0.4, 0.5) is 17.7 Å². The molecule has 2 heterocycles. The maximum Gasteiger partial charge on any atom is 0.233 e. The number of hydrogen-bond acceptors (Lipinski definition) is 7. The fraction of sp³-hybridized carbons (Fsp3) is 0.167. The number of aromatic nitrogens is 4. The number of rotatable bonds is 5. The van der Waals surface area contributed by atoms with E-state index in [9.17, 15) is 5.26 Å². The number of anilines is 3. The number of nitriles is 1. The zero-order valence-electron chi connectivity index (χ0n) is 13.9. The van der Waals surface area contributed by atoms with E-state index in [1.54, 1.807) is 18.3 Å². The zero-order valence-corrected chi connectivity index (χ0v) is 13.9. The third-order valence-electron chi connectivity index (χ3n) is 3.24. The van der Waals surface area contributed by atoms with Crippen molar-refractivity contribution in [3.05, 3.63) is 54.2 Å². The molecule has 0 spiro atoms. The Morgan fingerprint density at radius 3 is 2.44 bits per heavy atom. The van der Waals surface area contributed by atoms with Gasteiger partial charge in [-0.1, -0.05) is 30.3 Å². The van der Waals surface area contributed by atoms with Gasteiger partial charge in [-0.25, -0.2) is 4.98 Å². The summed E-state index contributed by atoms with van der Waals surface area (Å²) in [6.45, 7) is 4.01. The quantitative estimate of drug-likeness (QED) is 0.739. The second-order valence-corrected chi connectivity index (χ2v) is 5.61. The maximum atomic E-state index is 9.21. The highest BCUT2D eigenvalue weighted by Crippen LogP contribution is 2.20. The van der Waals surface area contributed by atoms with E-state index < -0.39 is 0 Å². The van der Waals surface area contributed by atoms with Crippen molar-refractivity contribution in [2.24, 2.45) is 0 Å². The van der Waals surface area contributed by atoms with Crippen LogP contribution < -0.4 is 10.6 Å². The van der Waals surface area contributed by atoms with Gasteiger partial charge in [0.1, 0.15) is 6.07 Å². The summed E-state index contributed by atoms with van der Waals surface area (Å²) in [5.41, 5.74) is 1.30. The highest BCUT2D eigenvalue weighted by Gasteiger charge is 2.11. The standard InChI is InChI=1S/C18H17N7/c1-12(2)21-17-23-16(13-7-4-3-5-8-13)24-18(25-17)22-15-14(11-19)9-6-10-20-15/h3-10,12H,1-2H3,(H2,20,21,22,23,24,25). The average molecular weight is 331 g/mol. The van der Waals surface area contributed by atoms with Crippen LogP contribution in [-0.2, 0) is 0 Å². The summed E-state index contributed by atoms with van der Waals surface area (Å²) in [4.78, 5) is 17.5. The van der Waals surface area contributed by atoms with E-state index in [-0.39, 0.29) is 6.04 Å². The maximum absolute atomic E-state index is 9.21. The summed E-state index contributed by atoms with van der Waals surface area (Å²) in [7, 11) is 0. The fourth-order valence-corrected chi connectivity index (χ4v) is 2.17. The lowest BCUT2D eigenvalue weighted by molar-refractivity contribution is 0.869. The van der Waals surface area contributed by atoms with Crippen LogP contribution in [0, 0.1) is 11.3 Å². The molecule has 0 aliphatic heterocycles. The predicted molar refractivity (Wildman–Crippen MR) is 96.3 cm³/mol. The molecule has 25 heavy (non-hydrogen) atoms. The number of pyridine rings is 1. The van der Waals surface area contributed by atoms with Gasteiger partial charge in [0.2, 0.25) is 11.9 Å². The van der Waals surface area contributed by atoms with Crippen LogP contribution in [0.15, 0.2) is 48.7 Å². The molecule has 0 saturated carbocycles. The third-order valence-corrected chi connectivity index (χ3v) is 3.24. The Bertz CT molecular complexity index is 901. The number of nitrogens with zero attached hydrogens (tertiary/aromatic N) is 5. The van der Waals surface area contributed by atoms with Crippen LogP contribution in [0.2, 0.25) is 0 Å². The first-order valence-corrected chi connectivity index (χ1v) is 7.86. The van der Waals surface area contributed by atoms with E-state index in [4.69, 9.17) is 0 Å². The lowest BCUT2D eigenvalue weighted by Crippen LogP contribution is -2.14. The largest absolute Gasteiger partial charge is 0.352 e. The summed E-state index contributed by atoms with van der Waals surface area (Å²) < 4.78 is 0. The second-order valence-electron chi connectivity index (χ2n) is 5.61. The summed E-state index contributed by atoms with van der Waals surface area (Å²) in [6, 6.07) is 15.3. The Labute approximate surface area is 145 Å². The first-order chi connectivity index (χ1) is 12.2. The summed E-state index contributed by atoms with van der Waals surface area (Å²) in [6.07, 6.45) is 1.61. The van der Waals surface area contributed by atoms with Gasteiger partial charge in [0, 0.05) is 17.8 Å². The molecule has 3 aromatic rings. The molecule has 0 aliphatic carbocycles. The van der Waals surface area contributed by atoms with Gasteiger partial charge in [-0.05, 0) is 26.0 Å². The van der Waals surface area contributed by atoms with Gasteiger partial charge in [0.25, 0.3) is 0 Å². The van der Waals surface area contributed by atoms with Crippen molar-refractivity contribution < 1.29 is 0 Å². The minimum absolute atomic E-state index is 0.170. The third kappa shape index (κ3) is 4.06. The van der Waals surface area contributed by atoms with Gasteiger partial charge in [-0.15, -0.1) is 0 Å². The Balaban J connectivity index is 2.02. The molecule has 1 aromatic carbocycles. The van der Waals surface area contributed by atoms with E-state index in [0.717, 1.165) is 5.56 Å². The Morgan fingerprint density at radius 2 is 1.72 bits per heavy atom. The second kappa shape index (κ2) is 7.36. The lowest BCUT2D eigenvalue weighted by atomic mass is 10.2. The van der Waals surface area contributed by atoms with Crippen LogP contribution in [0.1, 0.15) is 19.4 Å². The van der Waals surface area contributed by atoms with Crippen LogP contribution in [0.5, 0.6) is 0 Å². The number of hydrogen-bond donors (Lipinski definition) is 2. The van der Waals surface area contributed by atoms with Gasteiger partial charge in [-0.3, -0.25) is 0 Å². The van der Waals surface area contributed by atoms with E-state index >= 15 is 0 Å². The van der Waals surface area contributed by atoms with Crippen molar-refractivity contribution in [3.63, 3.8) is 0 Å². The van der Waals surface area contributed by atoms with Crippen molar-refractivity contribution >= 4 is 17.7 Å². The van der Waals surface area contributed by atoms with Crippen molar-refractivity contribution in [2.45, 2.75) is 19.9 Å². The van der Waals surface area contributed by atoms with Gasteiger partial charge in [0.15, 0.2) is 11.6 Å². The van der Waals surface area contributed by atoms with Crippen molar-refractivity contribution in [3.8, 4) is 17.5 Å². The molecular formula is C18H17N7. The van der Waals surface area contributed by atoms with E-state index in [1.165, 1.54) is 0 Å². The average Bonchev–Trinajstić information content (AvgIpc) is 2.62. The summed E-state index contributed by atoms with van der Waals surface area (Å²) in [5, 5.41) is 15.4. The predicted octanol–water partition coefficient (Wildman–Crippen LogP) is 3.37. The summed E-state index contributed by atoms with van der Waals surface area (Å²) in [5.74, 6) is 1.73. The molecule has 0 bridgehead atoms. The molecule has 7 nitrogen and oxygen atoms in total. The lowest BCUT2D eigenvalue weighted by Gasteiger charge is -2.12. The molecule has 0 radical (unpaired) electrons. The molecule has 0 atom stereocenters. The van der Waals surface area contributed by atoms with Gasteiger partial charge in [-0.2, -0.15) is 20.2 Å². The van der Waals surface area contributed by atoms with Gasteiger partial charge in [0.05, 0.1) is 5.56 Å². The SMILES string of the molecule is CC(C)Nc1nc(Nc2ncccc2C#N)nc(-c2ccccc2)n1. The molecule has 124 valence electrons. The Morgan fingerprint density at radius 1 is 0.960 bits per heavy atom. The zero-order chi connectivity index (χ0) is 17.6. The normalized spacial score (nSPS) is 10.3. The number of nitrogens with one attached hydrogen (secondary N) is 2. The molecule has 2 N–H and O–H groups in total. The van der Waals surface area contributed by atoms with Crippen LogP contribution >= 0.6 is 0 Å². The van der Waals surface area contributed by atoms with E-state index in [0.29, 0.717) is 29.1 Å². The highest BCUT2D eigenvalue weighted by molar-refractivity contribution is 5.62. The van der Waals surface area contributed by atoms with Gasteiger partial charge < -0.3 is 10.6 Å².